The third-order valence-corrected chi connectivity index (χ3v) is 3.24. The van der Waals surface area contributed by atoms with Crippen molar-refractivity contribution in [3.63, 3.8) is 0 Å². The Morgan fingerprint density at radius 3 is 2.95 bits per heavy atom. The fraction of sp³-hybridized carbons (Fsp3) is 0.133. The monoisotopic (exact) mass is 266 g/mol. The van der Waals surface area contributed by atoms with Crippen molar-refractivity contribution < 1.29 is 4.74 Å². The largest absolute Gasteiger partial charge is 0.481 e. The molecule has 5 heteroatoms. The van der Waals surface area contributed by atoms with Crippen LogP contribution in [0.15, 0.2) is 49.1 Å². The summed E-state index contributed by atoms with van der Waals surface area (Å²) in [6.45, 7) is 0. The van der Waals surface area contributed by atoms with Crippen LogP contribution in [0.3, 0.4) is 0 Å². The second-order valence-corrected chi connectivity index (χ2v) is 4.41. The van der Waals surface area contributed by atoms with Crippen LogP contribution in [0.1, 0.15) is 17.3 Å². The van der Waals surface area contributed by atoms with Gasteiger partial charge in [0.15, 0.2) is 0 Å². The molecule has 0 fully saturated rings. The molecule has 3 rings (SSSR count). The Morgan fingerprint density at radius 2 is 2.10 bits per heavy atom. The Hall–Kier alpha value is -2.53. The van der Waals surface area contributed by atoms with E-state index in [9.17, 15) is 0 Å². The highest BCUT2D eigenvalue weighted by atomic mass is 16.5. The molecule has 5 nitrogen and oxygen atoms in total. The maximum Gasteiger partial charge on any atom is 0.216 e. The maximum atomic E-state index is 6.34. The Balaban J connectivity index is 2.10. The first-order valence-corrected chi connectivity index (χ1v) is 6.24. The van der Waals surface area contributed by atoms with Gasteiger partial charge in [0.1, 0.15) is 6.33 Å². The van der Waals surface area contributed by atoms with Gasteiger partial charge in [0, 0.05) is 23.8 Å². The number of rotatable bonds is 3. The Labute approximate surface area is 116 Å². The summed E-state index contributed by atoms with van der Waals surface area (Å²) in [7, 11) is 1.57. The zero-order chi connectivity index (χ0) is 13.9. The second-order valence-electron chi connectivity index (χ2n) is 4.41. The molecule has 0 amide bonds. The van der Waals surface area contributed by atoms with E-state index in [4.69, 9.17) is 10.5 Å². The first-order chi connectivity index (χ1) is 9.79. The molecule has 0 aliphatic carbocycles. The van der Waals surface area contributed by atoms with E-state index in [1.54, 1.807) is 19.4 Å². The molecule has 2 N–H and O–H groups in total. The number of hydrogen-bond donors (Lipinski definition) is 1. The zero-order valence-electron chi connectivity index (χ0n) is 11.0. The van der Waals surface area contributed by atoms with Gasteiger partial charge in [-0.05, 0) is 17.0 Å². The van der Waals surface area contributed by atoms with Gasteiger partial charge >= 0.3 is 0 Å². The SMILES string of the molecule is COc1cc(C(N)c2cccc3cnccc23)ncn1. The first kappa shape index (κ1) is 12.5. The smallest absolute Gasteiger partial charge is 0.216 e. The van der Waals surface area contributed by atoms with Crippen LogP contribution < -0.4 is 10.5 Å². The molecule has 0 spiro atoms. The topological polar surface area (TPSA) is 73.9 Å². The molecule has 0 aliphatic rings. The quantitative estimate of drug-likeness (QED) is 0.785. The van der Waals surface area contributed by atoms with E-state index >= 15 is 0 Å². The highest BCUT2D eigenvalue weighted by Gasteiger charge is 2.14. The number of hydrogen-bond acceptors (Lipinski definition) is 5. The van der Waals surface area contributed by atoms with Crippen molar-refractivity contribution in [2.75, 3.05) is 7.11 Å². The highest BCUT2D eigenvalue weighted by Crippen LogP contribution is 2.26. The summed E-state index contributed by atoms with van der Waals surface area (Å²) >= 11 is 0. The summed E-state index contributed by atoms with van der Waals surface area (Å²) in [5.41, 5.74) is 8.07. The van der Waals surface area contributed by atoms with Gasteiger partial charge in [-0.3, -0.25) is 4.98 Å². The number of benzene rings is 1. The molecular weight excluding hydrogens is 252 g/mol. The Kier molecular flexibility index (Phi) is 3.26. The molecule has 0 radical (unpaired) electrons. The maximum absolute atomic E-state index is 6.34. The van der Waals surface area contributed by atoms with Gasteiger partial charge in [-0.25, -0.2) is 9.97 Å². The minimum atomic E-state index is -0.335. The number of fused-ring (bicyclic) bond motifs is 1. The van der Waals surface area contributed by atoms with Crippen LogP contribution in [-0.4, -0.2) is 22.1 Å². The van der Waals surface area contributed by atoms with E-state index in [1.807, 2.05) is 30.5 Å². The zero-order valence-corrected chi connectivity index (χ0v) is 11.0. The van der Waals surface area contributed by atoms with Gasteiger partial charge in [0.25, 0.3) is 0 Å². The van der Waals surface area contributed by atoms with Crippen molar-refractivity contribution >= 4 is 10.8 Å². The van der Waals surface area contributed by atoms with E-state index in [-0.39, 0.29) is 6.04 Å². The van der Waals surface area contributed by atoms with E-state index in [0.717, 1.165) is 22.0 Å². The van der Waals surface area contributed by atoms with Gasteiger partial charge in [0.2, 0.25) is 5.88 Å². The van der Waals surface area contributed by atoms with Crippen molar-refractivity contribution in [2.24, 2.45) is 5.73 Å². The lowest BCUT2D eigenvalue weighted by atomic mass is 9.98. The fourth-order valence-corrected chi connectivity index (χ4v) is 2.21. The van der Waals surface area contributed by atoms with Gasteiger partial charge in [-0.2, -0.15) is 0 Å². The van der Waals surface area contributed by atoms with Crippen LogP contribution >= 0.6 is 0 Å². The number of nitrogens with zero attached hydrogens (tertiary/aromatic N) is 3. The van der Waals surface area contributed by atoms with Crippen molar-refractivity contribution in [1.82, 2.24) is 15.0 Å². The van der Waals surface area contributed by atoms with E-state index in [2.05, 4.69) is 15.0 Å². The highest BCUT2D eigenvalue weighted by molar-refractivity contribution is 5.85. The predicted octanol–water partition coefficient (Wildman–Crippen LogP) is 2.08. The van der Waals surface area contributed by atoms with Gasteiger partial charge in [0.05, 0.1) is 18.8 Å². The van der Waals surface area contributed by atoms with Crippen molar-refractivity contribution in [2.45, 2.75) is 6.04 Å². The van der Waals surface area contributed by atoms with Gasteiger partial charge in [-0.1, -0.05) is 18.2 Å². The van der Waals surface area contributed by atoms with Crippen LogP contribution in [0.2, 0.25) is 0 Å². The number of methoxy groups -OCH3 is 1. The van der Waals surface area contributed by atoms with Crippen molar-refractivity contribution in [3.05, 3.63) is 60.3 Å². The fourth-order valence-electron chi connectivity index (χ4n) is 2.21. The summed E-state index contributed by atoms with van der Waals surface area (Å²) < 4.78 is 5.11. The minimum absolute atomic E-state index is 0.335. The van der Waals surface area contributed by atoms with Crippen molar-refractivity contribution in [3.8, 4) is 5.88 Å². The molecule has 3 aromatic rings. The van der Waals surface area contributed by atoms with E-state index < -0.39 is 0 Å². The summed E-state index contributed by atoms with van der Waals surface area (Å²) in [6.07, 6.45) is 5.05. The summed E-state index contributed by atoms with van der Waals surface area (Å²) in [4.78, 5) is 12.4. The standard InChI is InChI=1S/C15H14N4O/c1-20-14-7-13(18-9-19-14)15(16)12-4-2-3-10-8-17-6-5-11(10)12/h2-9,15H,16H2,1H3. The predicted molar refractivity (Wildman–Crippen MR) is 76.4 cm³/mol. The summed E-state index contributed by atoms with van der Waals surface area (Å²) in [5, 5.41) is 2.13. The minimum Gasteiger partial charge on any atom is -0.481 e. The van der Waals surface area contributed by atoms with Crippen LogP contribution in [0.4, 0.5) is 0 Å². The third kappa shape index (κ3) is 2.19. The average Bonchev–Trinajstić information content (AvgIpc) is 2.53. The lowest BCUT2D eigenvalue weighted by molar-refractivity contribution is 0.395. The molecule has 2 heterocycles. The Morgan fingerprint density at radius 1 is 1.20 bits per heavy atom. The number of pyridine rings is 1. The number of aromatic nitrogens is 3. The van der Waals surface area contributed by atoms with Crippen LogP contribution in [-0.2, 0) is 0 Å². The Bertz CT molecular complexity index is 739. The van der Waals surface area contributed by atoms with E-state index in [1.165, 1.54) is 6.33 Å². The summed E-state index contributed by atoms with van der Waals surface area (Å²) in [5.74, 6) is 0.507. The molecule has 1 aromatic carbocycles. The van der Waals surface area contributed by atoms with Gasteiger partial charge < -0.3 is 10.5 Å². The normalized spacial score (nSPS) is 12.3. The molecule has 0 aliphatic heterocycles. The van der Waals surface area contributed by atoms with Gasteiger partial charge in [-0.15, -0.1) is 0 Å². The lowest BCUT2D eigenvalue weighted by Crippen LogP contribution is -2.14. The van der Waals surface area contributed by atoms with Crippen molar-refractivity contribution in [1.29, 1.82) is 0 Å². The second kappa shape index (κ2) is 5.22. The first-order valence-electron chi connectivity index (χ1n) is 6.24. The number of ether oxygens (including phenoxy) is 1. The average molecular weight is 266 g/mol. The molecule has 1 unspecified atom stereocenters. The van der Waals surface area contributed by atoms with Crippen LogP contribution in [0.5, 0.6) is 5.88 Å². The number of nitrogens with two attached hydrogens (primary N) is 1. The summed E-state index contributed by atoms with van der Waals surface area (Å²) in [6, 6.07) is 9.37. The third-order valence-electron chi connectivity index (χ3n) is 3.24. The lowest BCUT2D eigenvalue weighted by Gasteiger charge is -2.14. The van der Waals surface area contributed by atoms with Crippen LogP contribution in [0.25, 0.3) is 10.8 Å². The van der Waals surface area contributed by atoms with Crippen LogP contribution in [0, 0.1) is 0 Å². The molecular formula is C15H14N4O. The molecule has 20 heavy (non-hydrogen) atoms. The molecule has 0 saturated heterocycles. The van der Waals surface area contributed by atoms with E-state index in [0.29, 0.717) is 5.88 Å². The molecule has 0 bridgehead atoms. The molecule has 100 valence electrons. The molecule has 0 saturated carbocycles. The molecule has 2 aromatic heterocycles. The molecule has 1 atom stereocenters.